The molecule has 1 aromatic carbocycles. The molecule has 1 saturated carbocycles. The molecule has 9 nitrogen and oxygen atoms in total. The summed E-state index contributed by atoms with van der Waals surface area (Å²) in [5.41, 5.74) is 1.84. The lowest BCUT2D eigenvalue weighted by molar-refractivity contribution is -0.183. The standard InChI is InChI=1S/C28H31F5N6O3/c1-16-21(12-19-11-20(28(31,32)33)13-34-24(19)40)38-39-14-22(36-25(39)35-16)23(18-7-9-27(29,30)10-8-18)37-26(41)42-15-17-5-3-2-4-6-17/h2-6,14,18-20,23H,7-13,15H2,1H3,(H,34,40)(H,37,41)/t19-,20-,23+/m1/s1. The van der Waals surface area contributed by atoms with Gasteiger partial charge in [-0.15, -0.1) is 0 Å². The topological polar surface area (TPSA) is 111 Å². The van der Waals surface area contributed by atoms with Crippen molar-refractivity contribution in [2.45, 2.75) is 70.2 Å². The highest BCUT2D eigenvalue weighted by atomic mass is 19.4. The highest BCUT2D eigenvalue weighted by Gasteiger charge is 2.45. The molecule has 42 heavy (non-hydrogen) atoms. The van der Waals surface area contributed by atoms with Crippen LogP contribution in [0.15, 0.2) is 36.5 Å². The van der Waals surface area contributed by atoms with E-state index in [1.54, 1.807) is 19.1 Å². The minimum Gasteiger partial charge on any atom is -0.445 e. The first-order valence-electron chi connectivity index (χ1n) is 13.8. The quantitative estimate of drug-likeness (QED) is 0.369. The van der Waals surface area contributed by atoms with Gasteiger partial charge in [-0.1, -0.05) is 30.3 Å². The fourth-order valence-electron chi connectivity index (χ4n) is 5.57. The zero-order valence-corrected chi connectivity index (χ0v) is 22.8. The van der Waals surface area contributed by atoms with E-state index in [1.807, 2.05) is 18.2 Å². The van der Waals surface area contributed by atoms with Gasteiger partial charge in [0.2, 0.25) is 11.8 Å². The van der Waals surface area contributed by atoms with Gasteiger partial charge in [-0.05, 0) is 37.7 Å². The predicted molar refractivity (Wildman–Crippen MR) is 139 cm³/mol. The number of aromatic nitrogens is 4. The van der Waals surface area contributed by atoms with Crippen LogP contribution in [0.4, 0.5) is 26.7 Å². The van der Waals surface area contributed by atoms with E-state index in [-0.39, 0.29) is 56.8 Å². The monoisotopic (exact) mass is 594 g/mol. The number of rotatable bonds is 7. The number of hydrogen-bond donors (Lipinski definition) is 2. The van der Waals surface area contributed by atoms with E-state index in [0.717, 1.165) is 5.56 Å². The van der Waals surface area contributed by atoms with Crippen molar-refractivity contribution < 1.29 is 36.3 Å². The number of piperidine rings is 1. The summed E-state index contributed by atoms with van der Waals surface area (Å²) in [5.74, 6) is -6.03. The minimum absolute atomic E-state index is 0.0168. The number of benzene rings is 1. The van der Waals surface area contributed by atoms with Crippen molar-refractivity contribution in [1.82, 2.24) is 30.2 Å². The van der Waals surface area contributed by atoms with Gasteiger partial charge in [-0.2, -0.15) is 18.3 Å². The molecule has 2 fully saturated rings. The highest BCUT2D eigenvalue weighted by molar-refractivity contribution is 5.79. The second kappa shape index (κ2) is 11.8. The molecule has 2 amide bonds. The molecule has 3 heterocycles. The van der Waals surface area contributed by atoms with E-state index in [4.69, 9.17) is 4.74 Å². The largest absolute Gasteiger partial charge is 0.445 e. The van der Waals surface area contributed by atoms with Gasteiger partial charge in [0.15, 0.2) is 0 Å². The number of fused-ring (bicyclic) bond motifs is 1. The Morgan fingerprint density at radius 1 is 1.19 bits per heavy atom. The van der Waals surface area contributed by atoms with Crippen molar-refractivity contribution in [3.63, 3.8) is 0 Å². The van der Waals surface area contributed by atoms with E-state index in [2.05, 4.69) is 25.7 Å². The third-order valence-corrected chi connectivity index (χ3v) is 8.01. The number of carbonyl (C=O) groups excluding carboxylic acids is 2. The lowest BCUT2D eigenvalue weighted by atomic mass is 9.81. The van der Waals surface area contributed by atoms with E-state index in [1.165, 1.54) is 10.7 Å². The smallest absolute Gasteiger partial charge is 0.408 e. The average molecular weight is 595 g/mol. The molecule has 0 radical (unpaired) electrons. The minimum atomic E-state index is -4.43. The normalized spacial score (nSPS) is 22.0. The Morgan fingerprint density at radius 3 is 2.60 bits per heavy atom. The van der Waals surface area contributed by atoms with Gasteiger partial charge in [0, 0.05) is 31.7 Å². The van der Waals surface area contributed by atoms with Crippen molar-refractivity contribution in [3.8, 4) is 0 Å². The average Bonchev–Trinajstić information content (AvgIpc) is 3.34. The molecular weight excluding hydrogens is 563 g/mol. The van der Waals surface area contributed by atoms with Gasteiger partial charge >= 0.3 is 12.3 Å². The second-order valence-electron chi connectivity index (χ2n) is 11.1. The zero-order valence-electron chi connectivity index (χ0n) is 22.8. The number of halogens is 5. The number of alkyl carbamates (subject to hydrolysis) is 1. The molecule has 14 heteroatoms. The number of nitrogens with one attached hydrogen (secondary N) is 2. The number of imidazole rings is 1. The molecule has 0 unspecified atom stereocenters. The number of nitrogens with zero attached hydrogens (tertiary/aromatic N) is 4. The maximum absolute atomic E-state index is 13.9. The fourth-order valence-corrected chi connectivity index (χ4v) is 5.57. The lowest BCUT2D eigenvalue weighted by Gasteiger charge is -2.33. The molecule has 5 rings (SSSR count). The SMILES string of the molecule is Cc1nc2nc([C@@H](NC(=O)OCc3ccccc3)C3CCC(F)(F)CC3)cn2nc1C[C@H]1C[C@@H](C(F)(F)F)CNC1=O. The Hall–Kier alpha value is -3.84. The van der Waals surface area contributed by atoms with Crippen LogP contribution in [0.2, 0.25) is 0 Å². The Morgan fingerprint density at radius 2 is 1.90 bits per heavy atom. The van der Waals surface area contributed by atoms with Gasteiger partial charge in [0.05, 0.1) is 35.2 Å². The third-order valence-electron chi connectivity index (χ3n) is 8.01. The van der Waals surface area contributed by atoms with Gasteiger partial charge in [-0.25, -0.2) is 28.1 Å². The lowest BCUT2D eigenvalue weighted by Crippen LogP contribution is -2.47. The summed E-state index contributed by atoms with van der Waals surface area (Å²) in [6.07, 6.45) is -4.42. The van der Waals surface area contributed by atoms with Crippen LogP contribution in [0.5, 0.6) is 0 Å². The molecule has 2 N–H and O–H groups in total. The van der Waals surface area contributed by atoms with Crippen molar-refractivity contribution >= 4 is 17.8 Å². The van der Waals surface area contributed by atoms with E-state index < -0.39 is 48.5 Å². The first-order chi connectivity index (χ1) is 19.9. The summed E-state index contributed by atoms with van der Waals surface area (Å²) < 4.78 is 74.5. The fraction of sp³-hybridized carbons (Fsp3) is 0.536. The van der Waals surface area contributed by atoms with E-state index >= 15 is 0 Å². The summed E-state index contributed by atoms with van der Waals surface area (Å²) in [7, 11) is 0. The van der Waals surface area contributed by atoms with Crippen LogP contribution in [0.25, 0.3) is 5.78 Å². The van der Waals surface area contributed by atoms with Crippen LogP contribution in [-0.2, 0) is 22.6 Å². The number of alkyl halides is 5. The molecule has 1 aliphatic heterocycles. The summed E-state index contributed by atoms with van der Waals surface area (Å²) in [6, 6.07) is 8.28. The Balaban J connectivity index is 1.36. The first-order valence-corrected chi connectivity index (χ1v) is 13.8. The van der Waals surface area contributed by atoms with Gasteiger partial charge < -0.3 is 15.4 Å². The summed E-state index contributed by atoms with van der Waals surface area (Å²) in [5, 5.41) is 9.60. The van der Waals surface area contributed by atoms with Crippen molar-refractivity contribution in [2.75, 3.05) is 6.54 Å². The number of carbonyl (C=O) groups is 2. The number of hydrogen-bond acceptors (Lipinski definition) is 6. The van der Waals surface area contributed by atoms with Crippen LogP contribution < -0.4 is 10.6 Å². The summed E-state index contributed by atoms with van der Waals surface area (Å²) >= 11 is 0. The number of aryl methyl sites for hydroxylation is 1. The van der Waals surface area contributed by atoms with E-state index in [9.17, 15) is 31.5 Å². The van der Waals surface area contributed by atoms with Crippen molar-refractivity contribution in [2.24, 2.45) is 17.8 Å². The maximum Gasteiger partial charge on any atom is 0.408 e. The second-order valence-corrected chi connectivity index (χ2v) is 11.1. The molecule has 2 aliphatic rings. The zero-order chi connectivity index (χ0) is 30.1. The Labute approximate surface area is 238 Å². The van der Waals surface area contributed by atoms with E-state index in [0.29, 0.717) is 17.1 Å². The first kappa shape index (κ1) is 29.6. The molecular formula is C28H31F5N6O3. The molecule has 0 spiro atoms. The highest BCUT2D eigenvalue weighted by Crippen LogP contribution is 2.41. The Bertz CT molecular complexity index is 1420. The molecule has 1 aliphatic carbocycles. The summed E-state index contributed by atoms with van der Waals surface area (Å²) in [6.45, 7) is 1.18. The summed E-state index contributed by atoms with van der Waals surface area (Å²) in [4.78, 5) is 34.1. The maximum atomic E-state index is 13.9. The van der Waals surface area contributed by atoms with Crippen molar-refractivity contribution in [3.05, 3.63) is 59.2 Å². The Kier molecular flexibility index (Phi) is 8.33. The molecule has 2 aromatic heterocycles. The number of amides is 2. The van der Waals surface area contributed by atoms with Crippen LogP contribution in [0, 0.1) is 24.7 Å². The van der Waals surface area contributed by atoms with Crippen LogP contribution >= 0.6 is 0 Å². The molecule has 0 bridgehead atoms. The van der Waals surface area contributed by atoms with Crippen LogP contribution in [0.1, 0.15) is 60.8 Å². The molecule has 3 atom stereocenters. The van der Waals surface area contributed by atoms with Gasteiger partial charge in [-0.3, -0.25) is 4.79 Å². The number of ether oxygens (including phenoxy) is 1. The molecule has 3 aromatic rings. The van der Waals surface area contributed by atoms with Crippen LogP contribution in [0.3, 0.4) is 0 Å². The van der Waals surface area contributed by atoms with Crippen LogP contribution in [-0.4, -0.2) is 50.2 Å². The molecule has 1 saturated heterocycles. The van der Waals surface area contributed by atoms with Crippen molar-refractivity contribution in [1.29, 1.82) is 0 Å². The predicted octanol–water partition coefficient (Wildman–Crippen LogP) is 5.08. The molecule has 226 valence electrons. The van der Waals surface area contributed by atoms with Gasteiger partial charge in [0.1, 0.15) is 6.61 Å². The third kappa shape index (κ3) is 6.96. The van der Waals surface area contributed by atoms with Gasteiger partial charge in [0.25, 0.3) is 5.78 Å².